The van der Waals surface area contributed by atoms with Gasteiger partial charge in [0.05, 0.1) is 5.84 Å². The van der Waals surface area contributed by atoms with Crippen molar-refractivity contribution in [3.8, 4) is 0 Å². The van der Waals surface area contributed by atoms with E-state index in [-0.39, 0.29) is 12.4 Å². The Morgan fingerprint density at radius 3 is 2.64 bits per heavy atom. The molecule has 0 aromatic carbocycles. The van der Waals surface area contributed by atoms with Crippen LogP contribution in [-0.4, -0.2) is 12.4 Å². The van der Waals surface area contributed by atoms with Crippen molar-refractivity contribution in [3.05, 3.63) is 0 Å². The molecule has 2 unspecified atom stereocenters. The van der Waals surface area contributed by atoms with Gasteiger partial charge >= 0.3 is 0 Å². The van der Waals surface area contributed by atoms with Crippen molar-refractivity contribution < 1.29 is 0 Å². The quantitative estimate of drug-likeness (QED) is 0.601. The molecule has 66 valence electrons. The summed E-state index contributed by atoms with van der Waals surface area (Å²) in [6.07, 6.45) is 2.26. The Balaban J connectivity index is 0.000001000. The second-order valence-corrected chi connectivity index (χ2v) is 3.48. The SMILES string of the molecule is CC1CN=C(N)CC(C)C1.Cl. The Labute approximate surface area is 74.7 Å². The third kappa shape index (κ3) is 3.61. The summed E-state index contributed by atoms with van der Waals surface area (Å²) in [6, 6.07) is 0. The van der Waals surface area contributed by atoms with Crippen molar-refractivity contribution in [2.75, 3.05) is 6.54 Å². The number of halogens is 1. The minimum atomic E-state index is 0. The largest absolute Gasteiger partial charge is 0.387 e. The average molecular weight is 177 g/mol. The Morgan fingerprint density at radius 1 is 1.36 bits per heavy atom. The summed E-state index contributed by atoms with van der Waals surface area (Å²) in [5, 5.41) is 0. The molecule has 0 bridgehead atoms. The molecule has 1 aliphatic rings. The van der Waals surface area contributed by atoms with Crippen LogP contribution >= 0.6 is 12.4 Å². The number of hydrogen-bond donors (Lipinski definition) is 1. The number of amidine groups is 1. The van der Waals surface area contributed by atoms with E-state index < -0.39 is 0 Å². The molecule has 0 amide bonds. The number of aliphatic imine (C=N–C) groups is 1. The van der Waals surface area contributed by atoms with Gasteiger partial charge in [-0.1, -0.05) is 13.8 Å². The smallest absolute Gasteiger partial charge is 0.0939 e. The van der Waals surface area contributed by atoms with Crippen LogP contribution < -0.4 is 5.73 Å². The van der Waals surface area contributed by atoms with E-state index in [1.165, 1.54) is 6.42 Å². The van der Waals surface area contributed by atoms with Crippen molar-refractivity contribution in [1.82, 2.24) is 0 Å². The second-order valence-electron chi connectivity index (χ2n) is 3.48. The Kier molecular flexibility index (Phi) is 4.50. The first-order chi connectivity index (χ1) is 4.68. The summed E-state index contributed by atoms with van der Waals surface area (Å²) < 4.78 is 0. The topological polar surface area (TPSA) is 38.4 Å². The maximum absolute atomic E-state index is 5.64. The van der Waals surface area contributed by atoms with Gasteiger partial charge in [-0.05, 0) is 18.3 Å². The molecule has 0 aliphatic carbocycles. The molecule has 1 rings (SSSR count). The van der Waals surface area contributed by atoms with Crippen LogP contribution in [-0.2, 0) is 0 Å². The summed E-state index contributed by atoms with van der Waals surface area (Å²) in [5.41, 5.74) is 5.64. The van der Waals surface area contributed by atoms with Gasteiger partial charge in [-0.2, -0.15) is 0 Å². The molecule has 0 radical (unpaired) electrons. The minimum absolute atomic E-state index is 0. The number of nitrogens with zero attached hydrogens (tertiary/aromatic N) is 1. The Bertz CT molecular complexity index is 145. The summed E-state index contributed by atoms with van der Waals surface area (Å²) in [4.78, 5) is 4.25. The maximum Gasteiger partial charge on any atom is 0.0939 e. The normalized spacial score (nSPS) is 31.6. The van der Waals surface area contributed by atoms with Gasteiger partial charge in [-0.3, -0.25) is 4.99 Å². The van der Waals surface area contributed by atoms with Crippen LogP contribution in [0.15, 0.2) is 4.99 Å². The molecule has 0 fully saturated rings. The third-order valence-electron chi connectivity index (χ3n) is 1.97. The van der Waals surface area contributed by atoms with Gasteiger partial charge in [-0.15, -0.1) is 12.4 Å². The highest BCUT2D eigenvalue weighted by atomic mass is 35.5. The molecule has 0 saturated heterocycles. The highest BCUT2D eigenvalue weighted by Crippen LogP contribution is 2.18. The van der Waals surface area contributed by atoms with Crippen LogP contribution in [0, 0.1) is 11.8 Å². The zero-order valence-electron chi connectivity index (χ0n) is 7.21. The average Bonchev–Trinajstić information content (AvgIpc) is 1.93. The van der Waals surface area contributed by atoms with Gasteiger partial charge < -0.3 is 5.73 Å². The molecule has 0 spiro atoms. The zero-order valence-corrected chi connectivity index (χ0v) is 8.03. The van der Waals surface area contributed by atoms with E-state index in [9.17, 15) is 0 Å². The molecule has 1 aliphatic heterocycles. The first-order valence-corrected chi connectivity index (χ1v) is 3.97. The maximum atomic E-state index is 5.64. The molecular formula is C8H17ClN2. The first kappa shape index (κ1) is 10.8. The van der Waals surface area contributed by atoms with E-state index in [1.54, 1.807) is 0 Å². The lowest BCUT2D eigenvalue weighted by atomic mass is 9.96. The molecule has 0 saturated carbocycles. The molecular weight excluding hydrogens is 160 g/mol. The molecule has 2 nitrogen and oxygen atoms in total. The highest BCUT2D eigenvalue weighted by molar-refractivity contribution is 5.85. The Morgan fingerprint density at radius 2 is 2.00 bits per heavy atom. The summed E-state index contributed by atoms with van der Waals surface area (Å²) in [6.45, 7) is 5.40. The van der Waals surface area contributed by atoms with Crippen molar-refractivity contribution >= 4 is 18.2 Å². The van der Waals surface area contributed by atoms with Crippen molar-refractivity contribution in [2.45, 2.75) is 26.7 Å². The van der Waals surface area contributed by atoms with Gasteiger partial charge in [0.2, 0.25) is 0 Å². The predicted octanol–water partition coefficient (Wildman–Crippen LogP) is 1.83. The van der Waals surface area contributed by atoms with E-state index in [0.29, 0.717) is 0 Å². The van der Waals surface area contributed by atoms with Crippen LogP contribution in [0.25, 0.3) is 0 Å². The number of hydrogen-bond acceptors (Lipinski definition) is 2. The summed E-state index contributed by atoms with van der Waals surface area (Å²) >= 11 is 0. The van der Waals surface area contributed by atoms with Crippen LogP contribution in [0.4, 0.5) is 0 Å². The van der Waals surface area contributed by atoms with Gasteiger partial charge in [0.15, 0.2) is 0 Å². The van der Waals surface area contributed by atoms with E-state index >= 15 is 0 Å². The van der Waals surface area contributed by atoms with Crippen LogP contribution in [0.3, 0.4) is 0 Å². The van der Waals surface area contributed by atoms with Gasteiger partial charge in [0.1, 0.15) is 0 Å². The van der Waals surface area contributed by atoms with Crippen molar-refractivity contribution in [3.63, 3.8) is 0 Å². The zero-order chi connectivity index (χ0) is 7.56. The molecule has 2 N–H and O–H groups in total. The van der Waals surface area contributed by atoms with E-state index in [1.807, 2.05) is 0 Å². The minimum Gasteiger partial charge on any atom is -0.387 e. The van der Waals surface area contributed by atoms with Crippen LogP contribution in [0.5, 0.6) is 0 Å². The lowest BCUT2D eigenvalue weighted by molar-refractivity contribution is 0.445. The van der Waals surface area contributed by atoms with Crippen molar-refractivity contribution in [1.29, 1.82) is 0 Å². The standard InChI is InChI=1S/C8H16N2.ClH/c1-6-3-7(2)5-10-8(9)4-6;/h6-7H,3-5H2,1-2H3,(H2,9,10);1H. The lowest BCUT2D eigenvalue weighted by Gasteiger charge is -2.09. The number of nitrogens with two attached hydrogens (primary N) is 1. The Hall–Kier alpha value is -0.240. The van der Waals surface area contributed by atoms with E-state index in [0.717, 1.165) is 30.6 Å². The van der Waals surface area contributed by atoms with Gasteiger partial charge in [0.25, 0.3) is 0 Å². The fraction of sp³-hybridized carbons (Fsp3) is 0.875. The molecule has 1 heterocycles. The van der Waals surface area contributed by atoms with E-state index in [2.05, 4.69) is 18.8 Å². The second kappa shape index (κ2) is 4.60. The summed E-state index contributed by atoms with van der Waals surface area (Å²) in [7, 11) is 0. The van der Waals surface area contributed by atoms with Gasteiger partial charge in [0, 0.05) is 13.0 Å². The fourth-order valence-corrected chi connectivity index (χ4v) is 1.54. The van der Waals surface area contributed by atoms with Crippen LogP contribution in [0.1, 0.15) is 26.7 Å². The van der Waals surface area contributed by atoms with Gasteiger partial charge in [-0.25, -0.2) is 0 Å². The molecule has 0 aromatic heterocycles. The van der Waals surface area contributed by atoms with Crippen molar-refractivity contribution in [2.24, 2.45) is 22.6 Å². The number of rotatable bonds is 0. The monoisotopic (exact) mass is 176 g/mol. The van der Waals surface area contributed by atoms with E-state index in [4.69, 9.17) is 5.73 Å². The van der Waals surface area contributed by atoms with Crippen LogP contribution in [0.2, 0.25) is 0 Å². The third-order valence-corrected chi connectivity index (χ3v) is 1.97. The highest BCUT2D eigenvalue weighted by Gasteiger charge is 2.13. The fourth-order valence-electron chi connectivity index (χ4n) is 1.54. The first-order valence-electron chi connectivity index (χ1n) is 3.97. The predicted molar refractivity (Wildman–Crippen MR) is 51.3 cm³/mol. The molecule has 11 heavy (non-hydrogen) atoms. The molecule has 3 heteroatoms. The molecule has 0 aromatic rings. The summed E-state index contributed by atoms with van der Waals surface area (Å²) in [5.74, 6) is 2.29. The molecule has 2 atom stereocenters. The lowest BCUT2D eigenvalue weighted by Crippen LogP contribution is -2.13.